The quantitative estimate of drug-likeness (QED) is 0.0134. The first-order chi connectivity index (χ1) is 58.3. The van der Waals surface area contributed by atoms with Crippen LogP contribution in [0.3, 0.4) is 0 Å². The van der Waals surface area contributed by atoms with Gasteiger partial charge in [-0.2, -0.15) is 4.68 Å². The molecule has 13 aromatic rings. The Morgan fingerprint density at radius 1 is 0.579 bits per heavy atom. The van der Waals surface area contributed by atoms with Gasteiger partial charge in [0, 0.05) is 92.9 Å². The number of methoxy groups -OCH3 is 1. The number of amides is 4. The topological polar surface area (TPSA) is 306 Å². The van der Waals surface area contributed by atoms with Crippen LogP contribution in [0.5, 0.6) is 29.0 Å². The number of aryl methyl sites for hydroxylation is 2. The number of unbranched alkanes of at least 4 members (excludes halogenated alkanes) is 10. The second-order valence-electron chi connectivity index (χ2n) is 30.4. The lowest BCUT2D eigenvalue weighted by Gasteiger charge is -2.23. The van der Waals surface area contributed by atoms with Crippen LogP contribution in [0.15, 0.2) is 223 Å². The number of ether oxygens (including phenoxy) is 3. The highest BCUT2D eigenvalue weighted by Crippen LogP contribution is 2.39. The number of nitrogens with zero attached hydrogens (tertiary/aromatic N) is 10. The molecule has 630 valence electrons. The SMILES string of the molecule is CCCCCCCCCCCCS(=O)(=O)Nc1cccc(-c2nnc3c(CCN(C)C(=S)Sc4ccc(C)cc4)c(C(C)(C)C)[nH]n23)c1.CCCCN(C(=O)Oc1nnnn1-c1ccccc1)c1cccc2c(O)c(C(=O)Nc3ccccc3C)ccc12.COc1ccc(NC(=O)c2ccc3c(N(C)C(=O)Oc4ccccc4)cccc3c2O)cc1. The van der Waals surface area contributed by atoms with Gasteiger partial charge in [-0.3, -0.25) is 29.2 Å². The number of H-pyrrole nitrogens is 1. The summed E-state index contributed by atoms with van der Waals surface area (Å²) in [7, 11) is 1.72. The van der Waals surface area contributed by atoms with Gasteiger partial charge in [0.1, 0.15) is 27.3 Å². The Morgan fingerprint density at radius 2 is 1.17 bits per heavy atom. The number of thioether (sulfide) groups is 1. The number of carbonyl (C=O) groups excluding carboxylic acids is 4. The summed E-state index contributed by atoms with van der Waals surface area (Å²) in [5, 5.41) is 53.9. The smallest absolute Gasteiger partial charge is 0.422 e. The van der Waals surface area contributed by atoms with Gasteiger partial charge >= 0.3 is 18.2 Å². The molecule has 28 heteroatoms. The maximum atomic E-state index is 13.5. The van der Waals surface area contributed by atoms with Crippen molar-refractivity contribution < 1.29 is 52.0 Å². The van der Waals surface area contributed by atoms with Crippen molar-refractivity contribution in [3.05, 3.63) is 252 Å². The third-order valence-corrected chi connectivity index (χ3v) is 23.2. The number of carbonyl (C=O) groups is 4. The van der Waals surface area contributed by atoms with Gasteiger partial charge in [0.15, 0.2) is 11.5 Å². The molecule has 13 rings (SSSR count). The molecule has 0 atom stereocenters. The van der Waals surface area contributed by atoms with Gasteiger partial charge in [-0.15, -0.1) is 10.2 Å². The molecule has 4 amide bonds. The van der Waals surface area contributed by atoms with Gasteiger partial charge in [0.25, 0.3) is 11.8 Å². The molecule has 0 aliphatic rings. The van der Waals surface area contributed by atoms with Crippen LogP contribution in [0.1, 0.15) is 155 Å². The number of nitrogens with one attached hydrogen (secondary N) is 4. The molecule has 0 spiro atoms. The van der Waals surface area contributed by atoms with Gasteiger partial charge < -0.3 is 40.0 Å². The van der Waals surface area contributed by atoms with Gasteiger partial charge in [-0.05, 0) is 152 Å². The fraction of sp³-hybridized carbons (Fsp3) is 0.290. The predicted octanol–water partition coefficient (Wildman–Crippen LogP) is 20.9. The monoisotopic (exact) mass is 1690 g/mol. The van der Waals surface area contributed by atoms with Crippen LogP contribution in [-0.4, -0.2) is 132 Å². The first-order valence-electron chi connectivity index (χ1n) is 40.6. The molecule has 3 aromatic heterocycles. The molecule has 10 aromatic carbocycles. The van der Waals surface area contributed by atoms with E-state index in [-0.39, 0.29) is 39.8 Å². The Bertz CT molecular complexity index is 5820. The third kappa shape index (κ3) is 23.7. The number of aromatic hydroxyl groups is 2. The largest absolute Gasteiger partial charge is 0.506 e. The molecule has 0 saturated heterocycles. The van der Waals surface area contributed by atoms with Crippen LogP contribution in [0.25, 0.3) is 44.3 Å². The Labute approximate surface area is 715 Å². The van der Waals surface area contributed by atoms with Crippen LogP contribution in [0, 0.1) is 13.8 Å². The molecule has 0 aliphatic heterocycles. The highest BCUT2D eigenvalue weighted by molar-refractivity contribution is 8.22. The lowest BCUT2D eigenvalue weighted by Crippen LogP contribution is -2.35. The number of rotatable bonds is 31. The number of hydrogen-bond acceptors (Lipinski definition) is 18. The molecule has 0 fully saturated rings. The number of phenols is 2. The average molecular weight is 1690 g/mol. The third-order valence-electron chi connectivity index (χ3n) is 20.3. The number of benzene rings is 10. The van der Waals surface area contributed by atoms with E-state index in [0.717, 1.165) is 69.5 Å². The predicted molar refractivity (Wildman–Crippen MR) is 486 cm³/mol. The van der Waals surface area contributed by atoms with E-state index in [1.807, 2.05) is 86.1 Å². The Kier molecular flexibility index (Phi) is 31.2. The van der Waals surface area contributed by atoms with Gasteiger partial charge in [-0.1, -0.05) is 249 Å². The highest BCUT2D eigenvalue weighted by atomic mass is 32.2. The molecular weight excluding hydrogens is 1590 g/mol. The number of hydrogen-bond donors (Lipinski definition) is 6. The molecule has 0 unspecified atom stereocenters. The lowest BCUT2D eigenvalue weighted by molar-refractivity contribution is 0.101. The second kappa shape index (κ2) is 42.3. The first-order valence-corrected chi connectivity index (χ1v) is 43.4. The molecule has 3 heterocycles. The normalized spacial score (nSPS) is 11.3. The summed E-state index contributed by atoms with van der Waals surface area (Å²) in [6, 6.07) is 64.7. The fourth-order valence-corrected chi connectivity index (χ4v) is 15.9. The number of tetrazole rings is 1. The molecule has 0 bridgehead atoms. The summed E-state index contributed by atoms with van der Waals surface area (Å²) in [5.74, 6) is 0.609. The number of thiocarbonyl (C=S) groups is 1. The fourth-order valence-electron chi connectivity index (χ4n) is 13.6. The van der Waals surface area contributed by atoms with Crippen LogP contribution < -0.4 is 39.4 Å². The number of aromatic nitrogens is 8. The van der Waals surface area contributed by atoms with E-state index in [1.165, 1.54) is 71.1 Å². The van der Waals surface area contributed by atoms with Crippen molar-refractivity contribution in [1.29, 1.82) is 0 Å². The van der Waals surface area contributed by atoms with Crippen LogP contribution >= 0.6 is 24.0 Å². The molecule has 25 nitrogen and oxygen atoms in total. The summed E-state index contributed by atoms with van der Waals surface area (Å²) in [5.41, 5.74) is 9.41. The van der Waals surface area contributed by atoms with E-state index in [4.69, 9.17) is 26.4 Å². The lowest BCUT2D eigenvalue weighted by atomic mass is 9.88. The van der Waals surface area contributed by atoms with Crippen LogP contribution in [0.2, 0.25) is 0 Å². The van der Waals surface area contributed by atoms with E-state index in [9.17, 15) is 37.8 Å². The van der Waals surface area contributed by atoms with Crippen molar-refractivity contribution in [2.75, 3.05) is 65.2 Å². The van der Waals surface area contributed by atoms with Crippen molar-refractivity contribution >= 4 is 118 Å². The van der Waals surface area contributed by atoms with Crippen molar-refractivity contribution in [1.82, 2.24) is 44.9 Å². The maximum absolute atomic E-state index is 13.5. The van der Waals surface area contributed by atoms with E-state index in [0.29, 0.717) is 92.4 Å². The summed E-state index contributed by atoms with van der Waals surface area (Å²) < 4.78 is 48.9. The number of para-hydroxylation sites is 3. The molecule has 6 N–H and O–H groups in total. The zero-order chi connectivity index (χ0) is 86.2. The maximum Gasteiger partial charge on any atom is 0.422 e. The number of aromatic amines is 1. The van der Waals surface area contributed by atoms with Gasteiger partial charge in [-0.25, -0.2) is 22.5 Å². The summed E-state index contributed by atoms with van der Waals surface area (Å²) in [6.07, 6.45) is 12.7. The van der Waals surface area contributed by atoms with E-state index >= 15 is 0 Å². The highest BCUT2D eigenvalue weighted by Gasteiger charge is 2.29. The zero-order valence-electron chi connectivity index (χ0n) is 69.9. The van der Waals surface area contributed by atoms with Gasteiger partial charge in [0.05, 0.1) is 41.1 Å². The van der Waals surface area contributed by atoms with Crippen molar-refractivity contribution in [2.45, 2.75) is 142 Å². The number of anilines is 5. The second-order valence-corrected chi connectivity index (χ2v) is 33.9. The molecule has 0 saturated carbocycles. The first kappa shape index (κ1) is 89.1. The summed E-state index contributed by atoms with van der Waals surface area (Å²) >= 11 is 7.36. The minimum atomic E-state index is -3.45. The number of fused-ring (bicyclic) bond motifs is 3. The minimum Gasteiger partial charge on any atom is -0.506 e. The minimum absolute atomic E-state index is 0.0732. The van der Waals surface area contributed by atoms with Crippen molar-refractivity contribution in [2.24, 2.45) is 0 Å². The molecule has 0 aliphatic carbocycles. The Hall–Kier alpha value is -12.7. The number of phenolic OH excluding ortho intramolecular Hbond substituents is 2. The number of likely N-dealkylation sites (N-methyl/N-ethyl adjacent to an activating group) is 1. The van der Waals surface area contributed by atoms with E-state index < -0.39 is 34.0 Å². The van der Waals surface area contributed by atoms with Crippen molar-refractivity contribution in [3.8, 4) is 46.1 Å². The standard InChI is InChI=1S/C37H54N6O2S3.C30H28N6O4.C26H22N2O5/c1-7-8-9-10-11-12-13-14-15-16-26-48(44,45)41-30-19-17-18-29(27-30)34-38-39-35-32(33(37(3,4)5)40-43(34)35)24-25-42(6)36(46)47-31-22-20-28(2)21-23-31;1-3-4-19-35(30(39)40-29-32-33-34-36(29)21-12-6-5-7-13-21)26-16-10-14-23-22(26)17-18-24(27(23)37)28(38)31-25-15-9-8-11-20(25)2;1-28(26(31)33-19-7-4-3-5-8-19)23-10-6-9-21-20(23)15-16-22(24(21)29)25(30)27-17-11-13-18(32-2)14-12-17/h17-23,27,40-41H,7-16,24-26H2,1-6H3;5-18,37H,3-4,19H2,1-2H3,(H,31,38);3-16,29H,1-2H3,(H,27,30). The molecule has 121 heavy (non-hydrogen) atoms. The Morgan fingerprint density at radius 3 is 1.81 bits per heavy atom. The van der Waals surface area contributed by atoms with E-state index in [2.05, 4.69) is 110 Å². The van der Waals surface area contributed by atoms with Crippen LogP contribution in [0.4, 0.5) is 38.0 Å². The van der Waals surface area contributed by atoms with Crippen LogP contribution in [-0.2, 0) is 21.9 Å². The molecular formula is C93H104N14O11S3. The van der Waals surface area contributed by atoms with Gasteiger partial charge in [0.2, 0.25) is 10.0 Å². The number of sulfonamides is 1. The van der Waals surface area contributed by atoms with Crippen molar-refractivity contribution in [3.63, 3.8) is 0 Å². The zero-order valence-corrected chi connectivity index (χ0v) is 72.3. The molecule has 0 radical (unpaired) electrons. The average Bonchev–Trinajstić information content (AvgIpc) is 1.58. The summed E-state index contributed by atoms with van der Waals surface area (Å²) in [6.45, 7) is 15.9. The van der Waals surface area contributed by atoms with E-state index in [1.54, 1.807) is 153 Å². The summed E-state index contributed by atoms with van der Waals surface area (Å²) in [4.78, 5) is 58.0. The Balaban J connectivity index is 0.000000180.